The van der Waals surface area contributed by atoms with E-state index in [0.717, 1.165) is 5.69 Å². The van der Waals surface area contributed by atoms with Crippen LogP contribution in [0, 0.1) is 0 Å². The highest BCUT2D eigenvalue weighted by molar-refractivity contribution is 7.60. The van der Waals surface area contributed by atoms with E-state index in [4.69, 9.17) is 21.1 Å². The average Bonchev–Trinajstić information content (AvgIpc) is 2.58. The van der Waals surface area contributed by atoms with Crippen molar-refractivity contribution >= 4 is 24.9 Å². The number of halogens is 1. The Morgan fingerprint density at radius 2 is 1.36 bits per heavy atom. The SMILES string of the molecule is O=P(Nc1ccc(Cl)cc1)(N1CCOCC1)N1CCOCC1. The minimum atomic E-state index is -2.89. The summed E-state index contributed by atoms with van der Waals surface area (Å²) < 4.78 is 28.6. The molecule has 8 heteroatoms. The van der Waals surface area contributed by atoms with Crippen LogP contribution in [0.1, 0.15) is 0 Å². The number of morpholine rings is 2. The van der Waals surface area contributed by atoms with Gasteiger partial charge in [-0.05, 0) is 24.3 Å². The van der Waals surface area contributed by atoms with E-state index in [9.17, 15) is 4.57 Å². The molecule has 0 aromatic heterocycles. The van der Waals surface area contributed by atoms with Crippen LogP contribution in [0.3, 0.4) is 0 Å². The summed E-state index contributed by atoms with van der Waals surface area (Å²) >= 11 is 5.93. The highest BCUT2D eigenvalue weighted by Crippen LogP contribution is 2.53. The third-order valence-corrected chi connectivity index (χ3v) is 7.00. The predicted octanol–water partition coefficient (Wildman–Crippen LogP) is 2.52. The molecule has 22 heavy (non-hydrogen) atoms. The number of hydrogen-bond acceptors (Lipinski definition) is 3. The summed E-state index contributed by atoms with van der Waals surface area (Å²) in [6.45, 7) is 5.08. The van der Waals surface area contributed by atoms with Gasteiger partial charge in [0.2, 0.25) is 0 Å². The third-order valence-electron chi connectivity index (χ3n) is 3.86. The molecule has 1 aromatic rings. The van der Waals surface area contributed by atoms with Crippen molar-refractivity contribution in [3.8, 4) is 0 Å². The van der Waals surface area contributed by atoms with Gasteiger partial charge in [-0.3, -0.25) is 4.57 Å². The molecule has 0 radical (unpaired) electrons. The van der Waals surface area contributed by atoms with Crippen molar-refractivity contribution in [1.29, 1.82) is 0 Å². The Morgan fingerprint density at radius 1 is 0.909 bits per heavy atom. The van der Waals surface area contributed by atoms with Gasteiger partial charge in [0.15, 0.2) is 0 Å². The lowest BCUT2D eigenvalue weighted by Gasteiger charge is -2.42. The zero-order valence-corrected chi connectivity index (χ0v) is 14.1. The number of ether oxygens (including phenoxy) is 2. The Labute approximate surface area is 135 Å². The minimum Gasteiger partial charge on any atom is -0.379 e. The summed E-state index contributed by atoms with van der Waals surface area (Å²) in [6.07, 6.45) is 0. The van der Waals surface area contributed by atoms with E-state index < -0.39 is 7.59 Å². The van der Waals surface area contributed by atoms with Crippen molar-refractivity contribution in [1.82, 2.24) is 9.34 Å². The van der Waals surface area contributed by atoms with Crippen molar-refractivity contribution in [2.45, 2.75) is 0 Å². The van der Waals surface area contributed by atoms with Gasteiger partial charge in [-0.15, -0.1) is 0 Å². The topological polar surface area (TPSA) is 54.0 Å². The molecule has 3 rings (SSSR count). The fourth-order valence-electron chi connectivity index (χ4n) is 2.66. The molecule has 1 aromatic carbocycles. The lowest BCUT2D eigenvalue weighted by molar-refractivity contribution is 0.0530. The van der Waals surface area contributed by atoms with E-state index in [-0.39, 0.29) is 0 Å². The van der Waals surface area contributed by atoms with E-state index in [2.05, 4.69) is 5.09 Å². The van der Waals surface area contributed by atoms with Crippen molar-refractivity contribution in [3.05, 3.63) is 29.3 Å². The Balaban J connectivity index is 1.83. The van der Waals surface area contributed by atoms with Gasteiger partial charge in [-0.25, -0.2) is 9.34 Å². The first kappa shape index (κ1) is 16.2. The molecule has 0 saturated carbocycles. The fourth-order valence-corrected chi connectivity index (χ4v) is 5.33. The van der Waals surface area contributed by atoms with Gasteiger partial charge in [0.25, 0.3) is 0 Å². The number of rotatable bonds is 4. The molecular formula is C14H21ClN3O3P. The third kappa shape index (κ3) is 3.65. The van der Waals surface area contributed by atoms with E-state index in [1.807, 2.05) is 21.5 Å². The largest absolute Gasteiger partial charge is 0.379 e. The van der Waals surface area contributed by atoms with Crippen LogP contribution in [-0.2, 0) is 14.0 Å². The second kappa shape index (κ2) is 7.30. The number of nitrogens with zero attached hydrogens (tertiary/aromatic N) is 2. The van der Waals surface area contributed by atoms with Crippen LogP contribution in [0.25, 0.3) is 0 Å². The zero-order valence-electron chi connectivity index (χ0n) is 12.4. The summed E-state index contributed by atoms with van der Waals surface area (Å²) in [5.41, 5.74) is 0.811. The molecule has 0 unspecified atom stereocenters. The van der Waals surface area contributed by atoms with Crippen molar-refractivity contribution in [2.75, 3.05) is 57.7 Å². The Hall–Kier alpha value is -0.620. The first-order chi connectivity index (χ1) is 10.7. The molecule has 0 amide bonds. The Kier molecular flexibility index (Phi) is 5.39. The van der Waals surface area contributed by atoms with Crippen molar-refractivity contribution < 1.29 is 14.0 Å². The van der Waals surface area contributed by atoms with Crippen LogP contribution >= 0.6 is 19.2 Å². The molecule has 122 valence electrons. The summed E-state index contributed by atoms with van der Waals surface area (Å²) in [5, 5.41) is 3.92. The maximum Gasteiger partial charge on any atom is 0.308 e. The van der Waals surface area contributed by atoms with E-state index in [0.29, 0.717) is 57.6 Å². The highest BCUT2D eigenvalue weighted by Gasteiger charge is 2.39. The second-order valence-electron chi connectivity index (χ2n) is 5.29. The molecule has 6 nitrogen and oxygen atoms in total. The van der Waals surface area contributed by atoms with Gasteiger partial charge >= 0.3 is 7.59 Å². The first-order valence-corrected chi connectivity index (χ1v) is 9.48. The van der Waals surface area contributed by atoms with Crippen molar-refractivity contribution in [2.24, 2.45) is 0 Å². The number of anilines is 1. The van der Waals surface area contributed by atoms with Crippen LogP contribution in [-0.4, -0.2) is 61.9 Å². The highest BCUT2D eigenvalue weighted by atomic mass is 35.5. The smallest absolute Gasteiger partial charge is 0.308 e. The summed E-state index contributed by atoms with van der Waals surface area (Å²) in [5.74, 6) is 0. The molecule has 0 aliphatic carbocycles. The van der Waals surface area contributed by atoms with Gasteiger partial charge in [0.1, 0.15) is 0 Å². The van der Waals surface area contributed by atoms with Gasteiger partial charge in [0, 0.05) is 36.9 Å². The summed E-state index contributed by atoms with van der Waals surface area (Å²) in [6, 6.07) is 7.31. The van der Waals surface area contributed by atoms with Gasteiger partial charge < -0.3 is 14.6 Å². The molecule has 2 fully saturated rings. The summed E-state index contributed by atoms with van der Waals surface area (Å²) in [7, 11) is -2.89. The number of benzene rings is 1. The Morgan fingerprint density at radius 3 is 1.82 bits per heavy atom. The predicted molar refractivity (Wildman–Crippen MR) is 87.5 cm³/mol. The fraction of sp³-hybridized carbons (Fsp3) is 0.571. The number of nitrogens with one attached hydrogen (secondary N) is 1. The maximum absolute atomic E-state index is 13.8. The van der Waals surface area contributed by atoms with E-state index >= 15 is 0 Å². The average molecular weight is 346 g/mol. The van der Waals surface area contributed by atoms with Crippen LogP contribution in [0.2, 0.25) is 5.02 Å². The van der Waals surface area contributed by atoms with E-state index in [1.54, 1.807) is 12.1 Å². The van der Waals surface area contributed by atoms with Gasteiger partial charge in [0.05, 0.1) is 26.4 Å². The minimum absolute atomic E-state index is 0.608. The van der Waals surface area contributed by atoms with Crippen LogP contribution in [0.5, 0.6) is 0 Å². The molecule has 2 aliphatic rings. The molecule has 2 heterocycles. The van der Waals surface area contributed by atoms with Gasteiger partial charge in [-0.1, -0.05) is 11.6 Å². The molecule has 2 aliphatic heterocycles. The lowest BCUT2D eigenvalue weighted by atomic mass is 10.3. The molecule has 0 bridgehead atoms. The molecular weight excluding hydrogens is 325 g/mol. The maximum atomic E-state index is 13.8. The zero-order chi connectivity index (χ0) is 15.4. The van der Waals surface area contributed by atoms with Gasteiger partial charge in [-0.2, -0.15) is 0 Å². The normalized spacial score (nSPS) is 21.7. The van der Waals surface area contributed by atoms with Crippen LogP contribution in [0.15, 0.2) is 24.3 Å². The monoisotopic (exact) mass is 345 g/mol. The second-order valence-corrected chi connectivity index (χ2v) is 8.17. The molecule has 1 N–H and O–H groups in total. The van der Waals surface area contributed by atoms with E-state index in [1.165, 1.54) is 0 Å². The molecule has 0 spiro atoms. The lowest BCUT2D eigenvalue weighted by Crippen LogP contribution is -2.45. The molecule has 2 saturated heterocycles. The first-order valence-electron chi connectivity index (χ1n) is 7.49. The van der Waals surface area contributed by atoms with Crippen LogP contribution in [0.4, 0.5) is 5.69 Å². The number of hydrogen-bond donors (Lipinski definition) is 1. The Bertz CT molecular complexity index is 509. The standard InChI is InChI=1S/C14H21ClN3O3P/c15-13-1-3-14(4-2-13)16-22(19,17-5-9-20-10-6-17)18-7-11-21-12-8-18/h1-4H,5-12H2,(H,16,19). The quantitative estimate of drug-likeness (QED) is 0.846. The molecule has 0 atom stereocenters. The van der Waals surface area contributed by atoms with Crippen molar-refractivity contribution in [3.63, 3.8) is 0 Å². The van der Waals surface area contributed by atoms with Crippen LogP contribution < -0.4 is 5.09 Å². The summed E-state index contributed by atoms with van der Waals surface area (Å²) in [4.78, 5) is 0.